The van der Waals surface area contributed by atoms with Gasteiger partial charge in [0.2, 0.25) is 0 Å². The zero-order valence-electron chi connectivity index (χ0n) is 19.1. The number of allylic oxidation sites excluding steroid dienone is 3. The summed E-state index contributed by atoms with van der Waals surface area (Å²) in [5, 5.41) is 5.18. The highest BCUT2D eigenvalue weighted by Crippen LogP contribution is 2.25. The molecule has 1 N–H and O–H groups in total. The monoisotopic (exact) mass is 434 g/mol. The molecule has 0 aliphatic carbocycles. The van der Waals surface area contributed by atoms with E-state index < -0.39 is 11.7 Å². The average molecular weight is 435 g/mol. The number of hydrogen-bond acceptors (Lipinski definition) is 6. The minimum atomic E-state index is -0.562. The van der Waals surface area contributed by atoms with Crippen LogP contribution in [0.2, 0.25) is 0 Å². The molecule has 1 saturated heterocycles. The molecule has 1 fully saturated rings. The normalized spacial score (nSPS) is 14.9. The summed E-state index contributed by atoms with van der Waals surface area (Å²) in [4.78, 5) is 34.2. The predicted molar refractivity (Wildman–Crippen MR) is 127 cm³/mol. The van der Waals surface area contributed by atoms with E-state index in [1.807, 2.05) is 32.0 Å². The Morgan fingerprint density at radius 1 is 1.03 bits per heavy atom. The van der Waals surface area contributed by atoms with Gasteiger partial charge >= 0.3 is 0 Å². The van der Waals surface area contributed by atoms with Crippen molar-refractivity contribution in [2.45, 2.75) is 20.8 Å². The highest BCUT2D eigenvalue weighted by atomic mass is 16.5. The number of ketones is 1. The SMILES string of the molecule is CO/C(C)=C\C(=C/NC=C(C)C)C(=O)C(=O)N1CCN(c2nccc3ccccc23)CC1. The lowest BCUT2D eigenvalue weighted by Gasteiger charge is -2.35. The number of pyridine rings is 1. The number of carbonyl (C=O) groups is 2. The average Bonchev–Trinajstić information content (AvgIpc) is 2.82. The van der Waals surface area contributed by atoms with Gasteiger partial charge in [-0.05, 0) is 44.5 Å². The fourth-order valence-corrected chi connectivity index (χ4v) is 3.49. The van der Waals surface area contributed by atoms with Gasteiger partial charge in [-0.1, -0.05) is 29.8 Å². The maximum atomic E-state index is 13.0. The Labute approximate surface area is 189 Å². The van der Waals surface area contributed by atoms with E-state index in [9.17, 15) is 9.59 Å². The number of methoxy groups -OCH3 is 1. The van der Waals surface area contributed by atoms with E-state index in [0.717, 1.165) is 22.2 Å². The Bertz CT molecular complexity index is 1070. The Morgan fingerprint density at radius 2 is 1.75 bits per heavy atom. The first-order valence-electron chi connectivity index (χ1n) is 10.6. The molecule has 0 atom stereocenters. The summed E-state index contributed by atoms with van der Waals surface area (Å²) in [7, 11) is 1.53. The van der Waals surface area contributed by atoms with Crippen molar-refractivity contribution in [1.82, 2.24) is 15.2 Å². The van der Waals surface area contributed by atoms with E-state index in [-0.39, 0.29) is 5.57 Å². The van der Waals surface area contributed by atoms with E-state index in [4.69, 9.17) is 4.74 Å². The van der Waals surface area contributed by atoms with Crippen molar-refractivity contribution in [3.05, 3.63) is 71.9 Å². The van der Waals surface area contributed by atoms with Crippen LogP contribution in [0.25, 0.3) is 10.8 Å². The molecule has 1 aromatic heterocycles. The van der Waals surface area contributed by atoms with Crippen LogP contribution in [0.4, 0.5) is 5.82 Å². The third-order valence-electron chi connectivity index (χ3n) is 5.27. The van der Waals surface area contributed by atoms with Crippen molar-refractivity contribution < 1.29 is 14.3 Å². The first-order chi connectivity index (χ1) is 15.4. The fourth-order valence-electron chi connectivity index (χ4n) is 3.49. The number of rotatable bonds is 7. The number of carbonyl (C=O) groups excluding carboxylic acids is 2. The number of ether oxygens (including phenoxy) is 1. The van der Waals surface area contributed by atoms with Gasteiger partial charge in [0.15, 0.2) is 0 Å². The zero-order chi connectivity index (χ0) is 23.1. The molecule has 0 bridgehead atoms. The van der Waals surface area contributed by atoms with Crippen LogP contribution in [-0.2, 0) is 14.3 Å². The standard InChI is InChI=1S/C25H30N4O3/c1-18(2)16-26-17-21(15-19(3)32-4)23(30)25(31)29-13-11-28(12-14-29)24-22-8-6-5-7-20(22)9-10-27-24/h5-10,15-17,26H,11-14H2,1-4H3/b19-15-,21-17+. The number of Topliss-reactive ketones (excluding diaryl/α,β-unsaturated/α-hetero) is 1. The second-order valence-electron chi connectivity index (χ2n) is 7.91. The van der Waals surface area contributed by atoms with Crippen LogP contribution in [0.1, 0.15) is 20.8 Å². The number of nitrogens with zero attached hydrogens (tertiary/aromatic N) is 3. The largest absolute Gasteiger partial charge is 0.501 e. The van der Waals surface area contributed by atoms with Gasteiger partial charge in [-0.15, -0.1) is 0 Å². The van der Waals surface area contributed by atoms with Crippen LogP contribution in [0.3, 0.4) is 0 Å². The van der Waals surface area contributed by atoms with Crippen LogP contribution in [0.15, 0.2) is 71.9 Å². The van der Waals surface area contributed by atoms with Crippen LogP contribution in [0.5, 0.6) is 0 Å². The van der Waals surface area contributed by atoms with E-state index >= 15 is 0 Å². The summed E-state index contributed by atoms with van der Waals surface area (Å²) in [6.45, 7) is 7.75. The van der Waals surface area contributed by atoms with Gasteiger partial charge in [0.25, 0.3) is 11.7 Å². The van der Waals surface area contributed by atoms with Gasteiger partial charge in [0.1, 0.15) is 5.82 Å². The number of piperazine rings is 1. The molecule has 0 radical (unpaired) electrons. The second-order valence-corrected chi connectivity index (χ2v) is 7.91. The fraction of sp³-hybridized carbons (Fsp3) is 0.320. The third-order valence-corrected chi connectivity index (χ3v) is 5.27. The van der Waals surface area contributed by atoms with E-state index in [2.05, 4.69) is 27.3 Å². The summed E-state index contributed by atoms with van der Waals surface area (Å²) in [5.74, 6) is 0.378. The first-order valence-corrected chi connectivity index (χ1v) is 10.6. The van der Waals surface area contributed by atoms with E-state index in [0.29, 0.717) is 31.9 Å². The molecule has 1 aliphatic rings. The van der Waals surface area contributed by atoms with Crippen molar-refractivity contribution in [2.75, 3.05) is 38.2 Å². The predicted octanol–water partition coefficient (Wildman–Crippen LogP) is 3.40. The summed E-state index contributed by atoms with van der Waals surface area (Å²) in [6.07, 6.45) is 6.68. The molecular weight excluding hydrogens is 404 g/mol. The molecule has 7 heteroatoms. The van der Waals surface area contributed by atoms with Crippen molar-refractivity contribution in [1.29, 1.82) is 0 Å². The Morgan fingerprint density at radius 3 is 2.44 bits per heavy atom. The second kappa shape index (κ2) is 10.6. The molecule has 32 heavy (non-hydrogen) atoms. The van der Waals surface area contributed by atoms with Gasteiger partial charge in [-0.25, -0.2) is 4.98 Å². The highest BCUT2D eigenvalue weighted by Gasteiger charge is 2.28. The van der Waals surface area contributed by atoms with Crippen molar-refractivity contribution >= 4 is 28.3 Å². The minimum absolute atomic E-state index is 0.255. The number of hydrogen-bond donors (Lipinski definition) is 1. The summed E-state index contributed by atoms with van der Waals surface area (Å²) in [5.41, 5.74) is 1.30. The number of nitrogens with one attached hydrogen (secondary N) is 1. The molecule has 7 nitrogen and oxygen atoms in total. The Kier molecular flexibility index (Phi) is 7.65. The van der Waals surface area contributed by atoms with Gasteiger partial charge in [-0.3, -0.25) is 9.59 Å². The topological polar surface area (TPSA) is 74.8 Å². The molecule has 168 valence electrons. The number of benzene rings is 1. The molecular formula is C25H30N4O3. The summed E-state index contributed by atoms with van der Waals surface area (Å²) >= 11 is 0. The van der Waals surface area contributed by atoms with Gasteiger partial charge < -0.3 is 19.9 Å². The van der Waals surface area contributed by atoms with Crippen molar-refractivity contribution in [3.8, 4) is 0 Å². The highest BCUT2D eigenvalue weighted by molar-refractivity contribution is 6.43. The van der Waals surface area contributed by atoms with Crippen LogP contribution in [-0.4, -0.2) is 54.9 Å². The number of amides is 1. The van der Waals surface area contributed by atoms with Crippen molar-refractivity contribution in [2.24, 2.45) is 0 Å². The maximum absolute atomic E-state index is 13.0. The summed E-state index contributed by atoms with van der Waals surface area (Å²) < 4.78 is 5.17. The summed E-state index contributed by atoms with van der Waals surface area (Å²) in [6, 6.07) is 10.1. The quantitative estimate of drug-likeness (QED) is 0.312. The Hall–Kier alpha value is -3.61. The van der Waals surface area contributed by atoms with Crippen LogP contribution < -0.4 is 10.2 Å². The zero-order valence-corrected chi connectivity index (χ0v) is 19.1. The lowest BCUT2D eigenvalue weighted by atomic mass is 10.1. The van der Waals surface area contributed by atoms with Crippen molar-refractivity contribution in [3.63, 3.8) is 0 Å². The molecule has 0 saturated carbocycles. The lowest BCUT2D eigenvalue weighted by molar-refractivity contribution is -0.142. The molecule has 1 aliphatic heterocycles. The minimum Gasteiger partial charge on any atom is -0.501 e. The maximum Gasteiger partial charge on any atom is 0.295 e. The molecule has 2 heterocycles. The molecule has 2 aromatic rings. The smallest absolute Gasteiger partial charge is 0.295 e. The molecule has 0 spiro atoms. The number of anilines is 1. The van der Waals surface area contributed by atoms with Crippen LogP contribution >= 0.6 is 0 Å². The van der Waals surface area contributed by atoms with E-state index in [1.165, 1.54) is 13.3 Å². The van der Waals surface area contributed by atoms with Gasteiger partial charge in [-0.2, -0.15) is 0 Å². The number of aromatic nitrogens is 1. The van der Waals surface area contributed by atoms with E-state index in [1.54, 1.807) is 30.3 Å². The first kappa shape index (κ1) is 23.1. The van der Waals surface area contributed by atoms with Gasteiger partial charge in [0.05, 0.1) is 12.9 Å². The third kappa shape index (κ3) is 5.55. The van der Waals surface area contributed by atoms with Crippen LogP contribution in [0, 0.1) is 0 Å². The van der Waals surface area contributed by atoms with Gasteiger partial charge in [0, 0.05) is 49.5 Å². The molecule has 1 amide bonds. The Balaban J connectivity index is 1.71. The number of fused-ring (bicyclic) bond motifs is 1. The molecule has 1 aromatic carbocycles. The molecule has 3 rings (SSSR count). The lowest BCUT2D eigenvalue weighted by Crippen LogP contribution is -2.51. The molecule has 0 unspecified atom stereocenters.